The lowest BCUT2D eigenvalue weighted by molar-refractivity contribution is -0.001000. The lowest BCUT2D eigenvalue weighted by Crippen LogP contribution is -3.00. The van der Waals surface area contributed by atoms with Crippen molar-refractivity contribution in [2.75, 3.05) is 77.6 Å². The van der Waals surface area contributed by atoms with E-state index in [0.717, 1.165) is 77.5 Å². The molecule has 8 N–H and O–H groups in total. The highest BCUT2D eigenvalue weighted by Gasteiger charge is 2.27. The number of carbonyl (C=O) groups is 4. The topological polar surface area (TPSA) is 294 Å². The molecule has 2 aromatic heterocycles. The minimum atomic E-state index is -1.14. The number of ether oxygens (including phenoxy) is 2. The molecule has 0 unspecified atom stereocenters. The Morgan fingerprint density at radius 1 is 0.460 bits per heavy atom. The van der Waals surface area contributed by atoms with E-state index in [0.29, 0.717) is 75.6 Å². The Labute approximate surface area is 589 Å². The van der Waals surface area contributed by atoms with Gasteiger partial charge in [0.15, 0.2) is 0 Å². The fourth-order valence-electron chi connectivity index (χ4n) is 11.2. The number of anilines is 4. The lowest BCUT2D eigenvalue weighted by Gasteiger charge is -2.19. The predicted molar refractivity (Wildman–Crippen MR) is 380 cm³/mol. The molecular weight excluding hydrogens is 1310 g/mol. The van der Waals surface area contributed by atoms with Crippen molar-refractivity contribution in [2.24, 2.45) is 0 Å². The summed E-state index contributed by atoms with van der Waals surface area (Å²) in [4.78, 5) is 72.3. The number of fused-ring (bicyclic) bond motifs is 4. The Morgan fingerprint density at radius 2 is 0.860 bits per heavy atom. The van der Waals surface area contributed by atoms with Crippen LogP contribution in [-0.2, 0) is 26.3 Å². The first-order valence-corrected chi connectivity index (χ1v) is 31.3. The largest absolute Gasteiger partial charge is 1.00 e. The third-order valence-electron chi connectivity index (χ3n) is 16.4. The van der Waals surface area contributed by atoms with Crippen molar-refractivity contribution in [3.8, 4) is 56.7 Å². The van der Waals surface area contributed by atoms with Crippen LogP contribution in [-0.4, -0.2) is 110 Å². The first kappa shape index (κ1) is 72.4. The van der Waals surface area contributed by atoms with Crippen LogP contribution < -0.4 is 86.1 Å². The number of aromatic nitrogens is 4. The number of hydrogen-bond acceptors (Lipinski definition) is 16. The maximum atomic E-state index is 13.5. The molecule has 0 spiro atoms. The highest BCUT2D eigenvalue weighted by Crippen LogP contribution is 2.44. The van der Waals surface area contributed by atoms with Gasteiger partial charge < -0.3 is 85.2 Å². The Kier molecular flexibility index (Phi) is 22.5. The Bertz CT molecular complexity index is 5130. The number of benzene rings is 8. The second-order valence-electron chi connectivity index (χ2n) is 24.4. The number of nitrogens with two attached hydrogens (primary N) is 2. The molecule has 2 aliphatic heterocycles. The van der Waals surface area contributed by atoms with Crippen LogP contribution in [0.5, 0.6) is 11.8 Å². The Balaban J connectivity index is 0.000000229. The molecule has 12 rings (SSSR count). The van der Waals surface area contributed by atoms with Gasteiger partial charge in [0.1, 0.15) is 64.1 Å². The molecule has 2 aliphatic carbocycles. The van der Waals surface area contributed by atoms with Crippen molar-refractivity contribution in [2.45, 2.75) is 40.2 Å². The molecular formula is C76H74Cl2N12O10. The van der Waals surface area contributed by atoms with E-state index >= 15 is 0 Å². The van der Waals surface area contributed by atoms with Crippen LogP contribution >= 0.6 is 0 Å². The number of amides is 2. The summed E-state index contributed by atoms with van der Waals surface area (Å²) >= 11 is 0. The van der Waals surface area contributed by atoms with E-state index in [1.165, 1.54) is 18.2 Å². The van der Waals surface area contributed by atoms with E-state index in [1.54, 1.807) is 30.3 Å². The highest BCUT2D eigenvalue weighted by molar-refractivity contribution is 6.11. The van der Waals surface area contributed by atoms with Gasteiger partial charge in [0, 0.05) is 145 Å². The average Bonchev–Trinajstić information content (AvgIpc) is 0.750. The van der Waals surface area contributed by atoms with Crippen molar-refractivity contribution >= 4 is 69.0 Å². The zero-order valence-electron chi connectivity index (χ0n) is 56.6. The number of carboxylic acid groups (broad SMARTS) is 2. The van der Waals surface area contributed by atoms with Gasteiger partial charge in [-0.3, -0.25) is 9.59 Å². The van der Waals surface area contributed by atoms with Gasteiger partial charge in [-0.2, -0.15) is 9.97 Å². The molecule has 24 heteroatoms. The quantitative estimate of drug-likeness (QED) is 0.0513. The van der Waals surface area contributed by atoms with Gasteiger partial charge in [-0.15, -0.1) is 0 Å². The second-order valence-corrected chi connectivity index (χ2v) is 24.4. The van der Waals surface area contributed by atoms with Gasteiger partial charge in [0.25, 0.3) is 11.8 Å². The number of aromatic carboxylic acids is 2. The molecule has 6 aromatic carbocycles. The predicted octanol–water partition coefficient (Wildman–Crippen LogP) is 4.39. The number of carboxylic acids is 2. The number of nitrogen functional groups attached to an aromatic ring is 2. The summed E-state index contributed by atoms with van der Waals surface area (Å²) in [5.74, 6) is -0.629. The first-order chi connectivity index (χ1) is 46.9. The zero-order chi connectivity index (χ0) is 69.6. The van der Waals surface area contributed by atoms with E-state index in [-0.39, 0.29) is 78.3 Å². The van der Waals surface area contributed by atoms with E-state index in [9.17, 15) is 29.4 Å². The molecule has 0 saturated carbocycles. The van der Waals surface area contributed by atoms with Gasteiger partial charge >= 0.3 is 11.9 Å². The molecule has 4 heterocycles. The molecule has 0 fully saturated rings. The highest BCUT2D eigenvalue weighted by atomic mass is 35.5. The van der Waals surface area contributed by atoms with E-state index < -0.39 is 11.9 Å². The van der Waals surface area contributed by atoms with Crippen molar-refractivity contribution < 1.29 is 72.5 Å². The fraction of sp³-hybridized carbons (Fsp3) is 0.184. The lowest BCUT2D eigenvalue weighted by atomic mass is 9.89. The third kappa shape index (κ3) is 16.6. The van der Waals surface area contributed by atoms with Crippen LogP contribution in [0.25, 0.3) is 66.8 Å². The number of hydrogen-bond donors (Lipinski definition) is 6. The summed E-state index contributed by atoms with van der Waals surface area (Å²) in [6.45, 7) is 4.75. The summed E-state index contributed by atoms with van der Waals surface area (Å²) in [5.41, 5.74) is 24.0. The van der Waals surface area contributed by atoms with E-state index in [2.05, 4.69) is 30.6 Å². The molecule has 4 aliphatic rings. The monoisotopic (exact) mass is 1380 g/mol. The van der Waals surface area contributed by atoms with Crippen molar-refractivity contribution in [1.29, 1.82) is 0 Å². The SMILES string of the molecule is Cc1cc(OCc2ccc(CNC(=O)c3ccc(-c4c5ccc(=[N+](C)C)cc-5oc5cc(N(C)C)ccc45)c(C(=O)O)c3)cc2)nc(N)n1.Cc1cc(OCc2ccc(CNC(=O)c3ccc(C(=O)O)c(-c4c5ccc(=[N+](C)C)cc-5oc5cc(N(C)C)ccc45)c3)cc2)nc(N)n1.[Cl-].[Cl-]. The fourth-order valence-corrected chi connectivity index (χ4v) is 11.2. The number of nitrogens with one attached hydrogen (secondary N) is 2. The summed E-state index contributed by atoms with van der Waals surface area (Å²) in [6, 6.07) is 51.5. The van der Waals surface area contributed by atoms with Crippen LogP contribution in [0.4, 0.5) is 23.3 Å². The van der Waals surface area contributed by atoms with Crippen LogP contribution in [0, 0.1) is 13.8 Å². The minimum absolute atomic E-state index is 0. The molecule has 0 bridgehead atoms. The number of nitrogens with zero attached hydrogens (tertiary/aromatic N) is 8. The first-order valence-electron chi connectivity index (χ1n) is 31.3. The second kappa shape index (κ2) is 31.1. The van der Waals surface area contributed by atoms with Gasteiger partial charge in [-0.05, 0) is 114 Å². The molecule has 512 valence electrons. The minimum Gasteiger partial charge on any atom is -1.00 e. The zero-order valence-corrected chi connectivity index (χ0v) is 58.2. The summed E-state index contributed by atoms with van der Waals surface area (Å²) in [7, 11) is 15.6. The average molecular weight is 1390 g/mol. The molecule has 0 atom stereocenters. The molecule has 22 nitrogen and oxygen atoms in total. The smallest absolute Gasteiger partial charge is 0.336 e. The standard InChI is InChI=1S/2C38H36N6O5.2ClH/c1-22-16-34(42-38(39)41-22)48-21-24-8-6-23(7-9-24)20-40-36(45)25-10-13-28(37(46)47)31(17-25)35-29-14-11-26(43(2)3)18-32(29)49-33-19-27(44(4)5)12-15-30(33)35;1-22-16-34(42-38(39)41-22)48-21-24-8-6-23(7-9-24)20-40-36(45)25-10-13-28(31(17-25)37(46)47)35-29-14-11-26(43(2)3)18-32(29)49-33-19-27(44(4)5)12-15-30(33)35;;/h2*6-19H,20-21H2,1-5H3,(H3-,39,40,41,42,45,46,47);2*1H. The van der Waals surface area contributed by atoms with Gasteiger partial charge in [0.05, 0.1) is 23.3 Å². The van der Waals surface area contributed by atoms with Crippen molar-refractivity contribution in [3.05, 3.63) is 236 Å². The van der Waals surface area contributed by atoms with Crippen LogP contribution in [0.1, 0.15) is 75.1 Å². The van der Waals surface area contributed by atoms with Crippen LogP contribution in [0.15, 0.2) is 179 Å². The molecule has 0 saturated heterocycles. The van der Waals surface area contributed by atoms with E-state index in [1.807, 2.05) is 211 Å². The molecule has 0 radical (unpaired) electrons. The third-order valence-corrected chi connectivity index (χ3v) is 16.4. The number of aryl methyl sites for hydroxylation is 2. The summed E-state index contributed by atoms with van der Waals surface area (Å²) in [5, 5.41) is 29.9. The van der Waals surface area contributed by atoms with Crippen LogP contribution in [0.2, 0.25) is 0 Å². The van der Waals surface area contributed by atoms with Crippen molar-refractivity contribution in [3.63, 3.8) is 0 Å². The number of halogens is 2. The van der Waals surface area contributed by atoms with Crippen molar-refractivity contribution in [1.82, 2.24) is 39.7 Å². The number of carbonyl (C=O) groups excluding carboxylic acids is 2. The van der Waals surface area contributed by atoms with Gasteiger partial charge in [-0.25, -0.2) is 28.7 Å². The summed E-state index contributed by atoms with van der Waals surface area (Å²) < 4.78 is 28.3. The molecule has 2 amide bonds. The molecule has 8 aromatic rings. The van der Waals surface area contributed by atoms with Crippen LogP contribution in [0.3, 0.4) is 0 Å². The van der Waals surface area contributed by atoms with Gasteiger partial charge in [-0.1, -0.05) is 54.6 Å². The molecule has 100 heavy (non-hydrogen) atoms. The maximum Gasteiger partial charge on any atom is 0.336 e. The Hall–Kier alpha value is -11.9. The Morgan fingerprint density at radius 3 is 1.27 bits per heavy atom. The van der Waals surface area contributed by atoms with E-state index in [4.69, 9.17) is 29.8 Å². The maximum absolute atomic E-state index is 13.5. The number of rotatable bonds is 18. The summed E-state index contributed by atoms with van der Waals surface area (Å²) in [6.07, 6.45) is 0. The normalized spacial score (nSPS) is 10.8. The van der Waals surface area contributed by atoms with Gasteiger partial charge in [0.2, 0.25) is 34.4 Å².